The first kappa shape index (κ1) is 9.75. The number of aliphatic hydroxyl groups excluding tert-OH is 2. The molecule has 0 heterocycles. The zero-order chi connectivity index (χ0) is 9.35. The van der Waals surface area contributed by atoms with Gasteiger partial charge in [0, 0.05) is 5.92 Å². The predicted octanol–water partition coefficient (Wildman–Crippen LogP) is 1.33. The molecule has 1 aliphatic carbocycles. The van der Waals surface area contributed by atoms with Gasteiger partial charge in [0.05, 0.1) is 12.7 Å². The van der Waals surface area contributed by atoms with Crippen LogP contribution in [0.1, 0.15) is 27.2 Å². The average Bonchev–Trinajstić information content (AvgIpc) is 1.98. The maximum Gasteiger partial charge on any atom is 0.0632 e. The lowest BCUT2D eigenvalue weighted by molar-refractivity contribution is -0.00709. The van der Waals surface area contributed by atoms with E-state index in [2.05, 4.69) is 0 Å². The van der Waals surface area contributed by atoms with E-state index in [1.54, 1.807) is 0 Å². The van der Waals surface area contributed by atoms with E-state index in [-0.39, 0.29) is 24.0 Å². The summed E-state index contributed by atoms with van der Waals surface area (Å²) in [5, 5.41) is 18.9. The third kappa shape index (κ3) is 1.41. The van der Waals surface area contributed by atoms with Gasteiger partial charge in [0.1, 0.15) is 0 Å². The maximum atomic E-state index is 9.70. The molecule has 70 valence electrons. The van der Waals surface area contributed by atoms with Crippen molar-refractivity contribution >= 4 is 0 Å². The largest absolute Gasteiger partial charge is 0.396 e. The Labute approximate surface area is 73.9 Å². The molecule has 0 saturated carbocycles. The van der Waals surface area contributed by atoms with Gasteiger partial charge in [-0.3, -0.25) is 0 Å². The maximum absolute atomic E-state index is 9.70. The summed E-state index contributed by atoms with van der Waals surface area (Å²) in [5.41, 5.74) is 1.01. The highest BCUT2D eigenvalue weighted by atomic mass is 16.3. The monoisotopic (exact) mass is 170 g/mol. The molecule has 0 bridgehead atoms. The second-order valence-electron chi connectivity index (χ2n) is 4.26. The number of hydrogen-bond donors (Lipinski definition) is 2. The van der Waals surface area contributed by atoms with Crippen LogP contribution in [0.5, 0.6) is 0 Å². The van der Waals surface area contributed by atoms with Crippen LogP contribution >= 0.6 is 0 Å². The summed E-state index contributed by atoms with van der Waals surface area (Å²) in [6.45, 7) is 6.17. The van der Waals surface area contributed by atoms with Gasteiger partial charge in [-0.25, -0.2) is 0 Å². The topological polar surface area (TPSA) is 40.5 Å². The molecule has 1 rings (SSSR count). The zero-order valence-corrected chi connectivity index (χ0v) is 8.04. The van der Waals surface area contributed by atoms with Crippen molar-refractivity contribution in [3.63, 3.8) is 0 Å². The van der Waals surface area contributed by atoms with Crippen LogP contribution in [0, 0.1) is 11.3 Å². The van der Waals surface area contributed by atoms with Crippen molar-refractivity contribution in [3.05, 3.63) is 11.6 Å². The molecular formula is C10H18O2. The molecule has 2 nitrogen and oxygen atoms in total. The normalized spacial score (nSPS) is 34.6. The van der Waals surface area contributed by atoms with Crippen molar-refractivity contribution < 1.29 is 10.2 Å². The molecule has 0 aromatic heterocycles. The van der Waals surface area contributed by atoms with Crippen LogP contribution in [0.2, 0.25) is 0 Å². The van der Waals surface area contributed by atoms with Crippen LogP contribution in [0.3, 0.4) is 0 Å². The number of rotatable bonds is 1. The first-order chi connectivity index (χ1) is 5.50. The van der Waals surface area contributed by atoms with E-state index in [9.17, 15) is 5.11 Å². The van der Waals surface area contributed by atoms with Crippen LogP contribution in [0.4, 0.5) is 0 Å². The molecule has 1 unspecified atom stereocenters. The summed E-state index contributed by atoms with van der Waals surface area (Å²) in [6.07, 6.45) is 2.42. The minimum Gasteiger partial charge on any atom is -0.396 e. The van der Waals surface area contributed by atoms with E-state index in [0.29, 0.717) is 0 Å². The van der Waals surface area contributed by atoms with E-state index in [1.807, 2.05) is 26.8 Å². The van der Waals surface area contributed by atoms with Gasteiger partial charge in [-0.05, 0) is 18.8 Å². The van der Waals surface area contributed by atoms with E-state index < -0.39 is 0 Å². The molecule has 2 N–H and O–H groups in total. The van der Waals surface area contributed by atoms with Crippen molar-refractivity contribution in [2.45, 2.75) is 33.3 Å². The summed E-state index contributed by atoms with van der Waals surface area (Å²) in [6, 6.07) is 0. The summed E-state index contributed by atoms with van der Waals surface area (Å²) < 4.78 is 0. The lowest BCUT2D eigenvalue weighted by atomic mass is 9.67. The molecule has 0 radical (unpaired) electrons. The second kappa shape index (κ2) is 3.19. The van der Waals surface area contributed by atoms with Crippen LogP contribution < -0.4 is 0 Å². The zero-order valence-electron chi connectivity index (χ0n) is 8.04. The van der Waals surface area contributed by atoms with Crippen molar-refractivity contribution in [1.82, 2.24) is 0 Å². The van der Waals surface area contributed by atoms with Gasteiger partial charge >= 0.3 is 0 Å². The third-order valence-electron chi connectivity index (χ3n) is 3.15. The average molecular weight is 170 g/mol. The summed E-state index contributed by atoms with van der Waals surface area (Å²) in [5.74, 6) is 0.112. The third-order valence-corrected chi connectivity index (χ3v) is 3.15. The first-order valence-corrected chi connectivity index (χ1v) is 4.45. The molecule has 0 aliphatic heterocycles. The minimum absolute atomic E-state index is 0.112. The van der Waals surface area contributed by atoms with Gasteiger partial charge < -0.3 is 10.2 Å². The molecule has 2 heteroatoms. The molecule has 12 heavy (non-hydrogen) atoms. The quantitative estimate of drug-likeness (QED) is 0.583. The van der Waals surface area contributed by atoms with Gasteiger partial charge in [0.2, 0.25) is 0 Å². The molecular weight excluding hydrogens is 152 g/mol. The molecule has 0 amide bonds. The SMILES string of the molecule is CC1=CC[C@H](O)C(C)(C)C1CO. The van der Waals surface area contributed by atoms with Crippen molar-refractivity contribution in [2.24, 2.45) is 11.3 Å². The van der Waals surface area contributed by atoms with Crippen molar-refractivity contribution in [3.8, 4) is 0 Å². The standard InChI is InChI=1S/C10H18O2/c1-7-4-5-9(12)10(2,3)8(7)6-11/h4,8-9,11-12H,5-6H2,1-3H3/t8?,9-/m0/s1. The van der Waals surface area contributed by atoms with Crippen molar-refractivity contribution in [1.29, 1.82) is 0 Å². The fourth-order valence-electron chi connectivity index (χ4n) is 1.94. The first-order valence-electron chi connectivity index (χ1n) is 4.45. The Balaban J connectivity index is 2.91. The number of aliphatic hydroxyl groups is 2. The molecule has 0 fully saturated rings. The molecule has 2 atom stereocenters. The highest BCUT2D eigenvalue weighted by molar-refractivity contribution is 5.14. The molecule has 0 saturated heterocycles. The fraction of sp³-hybridized carbons (Fsp3) is 0.800. The van der Waals surface area contributed by atoms with E-state index in [0.717, 1.165) is 6.42 Å². The Morgan fingerprint density at radius 3 is 2.58 bits per heavy atom. The molecule has 1 aliphatic rings. The Morgan fingerprint density at radius 1 is 1.58 bits per heavy atom. The predicted molar refractivity (Wildman–Crippen MR) is 48.7 cm³/mol. The highest BCUT2D eigenvalue weighted by Crippen LogP contribution is 2.40. The number of hydrogen-bond acceptors (Lipinski definition) is 2. The Bertz CT molecular complexity index is 194. The smallest absolute Gasteiger partial charge is 0.0632 e. The van der Waals surface area contributed by atoms with Gasteiger partial charge in [-0.1, -0.05) is 25.5 Å². The Morgan fingerprint density at radius 2 is 2.17 bits per heavy atom. The van der Waals surface area contributed by atoms with Gasteiger partial charge in [-0.2, -0.15) is 0 Å². The molecule has 0 aromatic carbocycles. The minimum atomic E-state index is -0.321. The Kier molecular flexibility index (Phi) is 2.59. The van der Waals surface area contributed by atoms with Crippen LogP contribution in [-0.2, 0) is 0 Å². The van der Waals surface area contributed by atoms with Crippen LogP contribution in [-0.4, -0.2) is 22.9 Å². The molecule has 0 spiro atoms. The summed E-state index contributed by atoms with van der Waals surface area (Å²) >= 11 is 0. The summed E-state index contributed by atoms with van der Waals surface area (Å²) in [7, 11) is 0. The molecule has 0 aromatic rings. The van der Waals surface area contributed by atoms with E-state index in [1.165, 1.54) is 5.57 Å². The van der Waals surface area contributed by atoms with Crippen LogP contribution in [0.25, 0.3) is 0 Å². The van der Waals surface area contributed by atoms with Gasteiger partial charge in [-0.15, -0.1) is 0 Å². The summed E-state index contributed by atoms with van der Waals surface area (Å²) in [4.78, 5) is 0. The van der Waals surface area contributed by atoms with Crippen molar-refractivity contribution in [2.75, 3.05) is 6.61 Å². The fourth-order valence-corrected chi connectivity index (χ4v) is 1.94. The van der Waals surface area contributed by atoms with E-state index >= 15 is 0 Å². The van der Waals surface area contributed by atoms with Gasteiger partial charge in [0.25, 0.3) is 0 Å². The lowest BCUT2D eigenvalue weighted by Crippen LogP contribution is -2.41. The highest BCUT2D eigenvalue weighted by Gasteiger charge is 2.38. The second-order valence-corrected chi connectivity index (χ2v) is 4.26. The van der Waals surface area contributed by atoms with E-state index in [4.69, 9.17) is 5.11 Å². The van der Waals surface area contributed by atoms with Crippen LogP contribution in [0.15, 0.2) is 11.6 Å². The Hall–Kier alpha value is -0.340. The lowest BCUT2D eigenvalue weighted by Gasteiger charge is -2.41. The van der Waals surface area contributed by atoms with Gasteiger partial charge in [0.15, 0.2) is 0 Å².